The smallest absolute Gasteiger partial charge is 0.387 e. The lowest BCUT2D eigenvalue weighted by Gasteiger charge is -2.31. The normalized spacial score (nSPS) is 11.6. The maximum atomic E-state index is 12.4. The van der Waals surface area contributed by atoms with Gasteiger partial charge in [-0.05, 0) is 37.1 Å². The van der Waals surface area contributed by atoms with Crippen molar-refractivity contribution in [3.8, 4) is 5.75 Å². The van der Waals surface area contributed by atoms with Crippen LogP contribution < -0.4 is 10.5 Å². The number of amides is 1. The molecule has 1 rings (SSSR count). The quantitative estimate of drug-likeness (QED) is 0.842. The van der Waals surface area contributed by atoms with Gasteiger partial charge in [0.15, 0.2) is 0 Å². The number of carbonyl (C=O) groups is 1. The van der Waals surface area contributed by atoms with Crippen LogP contribution in [-0.2, 0) is 0 Å². The van der Waals surface area contributed by atoms with Crippen LogP contribution in [0.4, 0.5) is 8.78 Å². The largest absolute Gasteiger partial charge is 0.435 e. The maximum absolute atomic E-state index is 12.4. The van der Waals surface area contributed by atoms with Gasteiger partial charge in [0.25, 0.3) is 5.91 Å². The zero-order chi connectivity index (χ0) is 16.0. The van der Waals surface area contributed by atoms with Crippen molar-refractivity contribution in [2.75, 3.05) is 19.6 Å². The summed E-state index contributed by atoms with van der Waals surface area (Å²) in [6.07, 6.45) is 0. The molecule has 4 nitrogen and oxygen atoms in total. The van der Waals surface area contributed by atoms with E-state index in [1.54, 1.807) is 11.0 Å². The van der Waals surface area contributed by atoms with Crippen LogP contribution in [0.2, 0.25) is 0 Å². The zero-order valence-electron chi connectivity index (χ0n) is 12.6. The Labute approximate surface area is 123 Å². The summed E-state index contributed by atoms with van der Waals surface area (Å²) >= 11 is 0. The van der Waals surface area contributed by atoms with E-state index in [2.05, 4.69) is 4.74 Å². The summed E-state index contributed by atoms with van der Waals surface area (Å²) in [5.74, 6) is -0.247. The number of hydrogen-bond donors (Lipinski definition) is 1. The summed E-state index contributed by atoms with van der Waals surface area (Å²) in [5, 5.41) is 0. The molecule has 0 aromatic heterocycles. The molecular formula is C15H22F2N2O2. The molecule has 1 aromatic rings. The predicted molar refractivity (Wildman–Crippen MR) is 77.5 cm³/mol. The number of carbonyl (C=O) groups excluding carboxylic acids is 1. The molecule has 118 valence electrons. The Morgan fingerprint density at radius 1 is 1.43 bits per heavy atom. The van der Waals surface area contributed by atoms with Crippen molar-refractivity contribution in [2.45, 2.75) is 27.4 Å². The standard InChI is InChI=1S/C15H22F2N2O2/c1-4-19(10-15(2,3)9-18)13(20)11-6-5-7-12(8-11)21-14(16)17/h5-8,14H,4,9-10,18H2,1-3H3. The van der Waals surface area contributed by atoms with Crippen LogP contribution in [0.25, 0.3) is 0 Å². The average Bonchev–Trinajstić information content (AvgIpc) is 2.43. The van der Waals surface area contributed by atoms with Gasteiger partial charge in [-0.1, -0.05) is 19.9 Å². The third-order valence-electron chi connectivity index (χ3n) is 3.15. The summed E-state index contributed by atoms with van der Waals surface area (Å²) in [6, 6.07) is 5.82. The summed E-state index contributed by atoms with van der Waals surface area (Å²) < 4.78 is 28.7. The van der Waals surface area contributed by atoms with Crippen molar-refractivity contribution in [1.29, 1.82) is 0 Å². The van der Waals surface area contributed by atoms with Crippen molar-refractivity contribution in [1.82, 2.24) is 4.90 Å². The summed E-state index contributed by atoms with van der Waals surface area (Å²) in [5.41, 5.74) is 5.80. The molecule has 21 heavy (non-hydrogen) atoms. The maximum Gasteiger partial charge on any atom is 0.387 e. The molecule has 6 heteroatoms. The predicted octanol–water partition coefficient (Wildman–Crippen LogP) is 2.74. The summed E-state index contributed by atoms with van der Waals surface area (Å²) in [4.78, 5) is 14.1. The fraction of sp³-hybridized carbons (Fsp3) is 0.533. The minimum Gasteiger partial charge on any atom is -0.435 e. The van der Waals surface area contributed by atoms with Crippen molar-refractivity contribution in [2.24, 2.45) is 11.1 Å². The molecule has 1 aromatic carbocycles. The van der Waals surface area contributed by atoms with E-state index in [1.165, 1.54) is 18.2 Å². The number of benzene rings is 1. The first-order valence-electron chi connectivity index (χ1n) is 6.83. The molecule has 1 amide bonds. The molecule has 0 aliphatic heterocycles. The molecule has 2 N–H and O–H groups in total. The average molecular weight is 300 g/mol. The first-order valence-corrected chi connectivity index (χ1v) is 6.83. The van der Waals surface area contributed by atoms with Gasteiger partial charge in [0.05, 0.1) is 0 Å². The van der Waals surface area contributed by atoms with E-state index < -0.39 is 6.61 Å². The lowest BCUT2D eigenvalue weighted by atomic mass is 9.93. The van der Waals surface area contributed by atoms with E-state index in [9.17, 15) is 13.6 Å². The monoisotopic (exact) mass is 300 g/mol. The molecule has 0 saturated carbocycles. The Kier molecular flexibility index (Phi) is 6.08. The topological polar surface area (TPSA) is 55.6 Å². The van der Waals surface area contributed by atoms with Crippen LogP contribution >= 0.6 is 0 Å². The molecule has 0 saturated heterocycles. The molecule has 0 heterocycles. The van der Waals surface area contributed by atoms with Crippen LogP contribution in [0.1, 0.15) is 31.1 Å². The van der Waals surface area contributed by atoms with E-state index in [4.69, 9.17) is 5.73 Å². The van der Waals surface area contributed by atoms with Gasteiger partial charge in [0.2, 0.25) is 0 Å². The first-order chi connectivity index (χ1) is 9.79. The van der Waals surface area contributed by atoms with Crippen LogP contribution in [0, 0.1) is 5.41 Å². The van der Waals surface area contributed by atoms with Crippen molar-refractivity contribution >= 4 is 5.91 Å². The lowest BCUT2D eigenvalue weighted by molar-refractivity contribution is -0.0499. The highest BCUT2D eigenvalue weighted by molar-refractivity contribution is 5.94. The van der Waals surface area contributed by atoms with Gasteiger partial charge < -0.3 is 15.4 Å². The van der Waals surface area contributed by atoms with Crippen LogP contribution in [-0.4, -0.2) is 37.1 Å². The molecule has 0 bridgehead atoms. The molecular weight excluding hydrogens is 278 g/mol. The number of rotatable bonds is 7. The van der Waals surface area contributed by atoms with E-state index >= 15 is 0 Å². The summed E-state index contributed by atoms with van der Waals surface area (Å²) in [7, 11) is 0. The minimum absolute atomic E-state index is 0.0232. The molecule has 0 spiro atoms. The SMILES string of the molecule is CCN(CC(C)(C)CN)C(=O)c1cccc(OC(F)F)c1. The van der Waals surface area contributed by atoms with Gasteiger partial charge in [-0.2, -0.15) is 8.78 Å². The Hall–Kier alpha value is -1.69. The molecule has 0 unspecified atom stereocenters. The van der Waals surface area contributed by atoms with Gasteiger partial charge in [-0.25, -0.2) is 0 Å². The Bertz CT molecular complexity index is 478. The van der Waals surface area contributed by atoms with Crippen molar-refractivity contribution in [3.05, 3.63) is 29.8 Å². The van der Waals surface area contributed by atoms with Crippen LogP contribution in [0.5, 0.6) is 5.75 Å². The van der Waals surface area contributed by atoms with E-state index in [-0.39, 0.29) is 17.1 Å². The zero-order valence-corrected chi connectivity index (χ0v) is 12.6. The number of nitrogens with two attached hydrogens (primary N) is 1. The third kappa shape index (κ3) is 5.30. The number of alkyl halides is 2. The highest BCUT2D eigenvalue weighted by Crippen LogP contribution is 2.20. The van der Waals surface area contributed by atoms with Gasteiger partial charge >= 0.3 is 6.61 Å². The van der Waals surface area contributed by atoms with Crippen LogP contribution in [0.15, 0.2) is 24.3 Å². The Balaban J connectivity index is 2.90. The Morgan fingerprint density at radius 2 is 2.10 bits per heavy atom. The number of ether oxygens (including phenoxy) is 1. The van der Waals surface area contributed by atoms with E-state index in [1.807, 2.05) is 20.8 Å². The Morgan fingerprint density at radius 3 is 2.62 bits per heavy atom. The fourth-order valence-corrected chi connectivity index (χ4v) is 1.90. The minimum atomic E-state index is -2.91. The van der Waals surface area contributed by atoms with E-state index in [0.29, 0.717) is 25.2 Å². The second-order valence-electron chi connectivity index (χ2n) is 5.59. The van der Waals surface area contributed by atoms with Gasteiger partial charge in [-0.15, -0.1) is 0 Å². The van der Waals surface area contributed by atoms with Gasteiger partial charge in [0, 0.05) is 18.7 Å². The molecule has 0 radical (unpaired) electrons. The van der Waals surface area contributed by atoms with Crippen LogP contribution in [0.3, 0.4) is 0 Å². The van der Waals surface area contributed by atoms with Crippen molar-refractivity contribution < 1.29 is 18.3 Å². The molecule has 0 fully saturated rings. The highest BCUT2D eigenvalue weighted by Gasteiger charge is 2.23. The second-order valence-corrected chi connectivity index (χ2v) is 5.59. The molecule has 0 aliphatic carbocycles. The molecule has 0 atom stereocenters. The number of nitrogens with zero attached hydrogens (tertiary/aromatic N) is 1. The van der Waals surface area contributed by atoms with E-state index in [0.717, 1.165) is 0 Å². The first kappa shape index (κ1) is 17.4. The van der Waals surface area contributed by atoms with Crippen molar-refractivity contribution in [3.63, 3.8) is 0 Å². The highest BCUT2D eigenvalue weighted by atomic mass is 19.3. The van der Waals surface area contributed by atoms with Gasteiger partial charge in [0.1, 0.15) is 5.75 Å². The second kappa shape index (κ2) is 7.36. The lowest BCUT2D eigenvalue weighted by Crippen LogP contribution is -2.41. The third-order valence-corrected chi connectivity index (χ3v) is 3.15. The number of halogens is 2. The number of hydrogen-bond acceptors (Lipinski definition) is 3. The summed E-state index contributed by atoms with van der Waals surface area (Å²) in [6.45, 7) is 4.36. The molecule has 0 aliphatic rings. The fourth-order valence-electron chi connectivity index (χ4n) is 1.90. The van der Waals surface area contributed by atoms with Gasteiger partial charge in [-0.3, -0.25) is 4.79 Å².